The smallest absolute Gasteiger partial charge is 0.310 e. The van der Waals surface area contributed by atoms with Crippen LogP contribution < -0.4 is 5.32 Å². The van der Waals surface area contributed by atoms with Gasteiger partial charge in [0.25, 0.3) is 5.91 Å². The summed E-state index contributed by atoms with van der Waals surface area (Å²) in [7, 11) is 1.69. The Morgan fingerprint density at radius 2 is 2.25 bits per heavy atom. The van der Waals surface area contributed by atoms with E-state index in [1.54, 1.807) is 11.9 Å². The van der Waals surface area contributed by atoms with Gasteiger partial charge in [0.2, 0.25) is 0 Å². The Kier molecular flexibility index (Phi) is 5.29. The van der Waals surface area contributed by atoms with Gasteiger partial charge in [-0.25, -0.2) is 0 Å². The van der Waals surface area contributed by atoms with E-state index >= 15 is 0 Å². The van der Waals surface area contributed by atoms with Crippen molar-refractivity contribution in [2.45, 2.75) is 12.5 Å². The highest BCUT2D eigenvalue weighted by Crippen LogP contribution is 2.27. The Morgan fingerprint density at radius 3 is 2.75 bits per heavy atom. The number of benzene rings is 1. The van der Waals surface area contributed by atoms with Gasteiger partial charge < -0.3 is 15.3 Å². The van der Waals surface area contributed by atoms with Gasteiger partial charge >= 0.3 is 5.69 Å². The SMILES string of the molecule is CN(C(=O)c1ccc([N+](=O)[O-])c(O)c1)C1CCNC1.Cl. The zero-order chi connectivity index (χ0) is 14.0. The molecule has 1 heterocycles. The molecular formula is C12H16ClN3O4. The second kappa shape index (κ2) is 6.53. The number of carbonyl (C=O) groups is 1. The summed E-state index contributed by atoms with van der Waals surface area (Å²) in [5.41, 5.74) is -0.153. The summed E-state index contributed by atoms with van der Waals surface area (Å²) in [6.45, 7) is 1.61. The molecule has 0 spiro atoms. The number of phenolic OH excluding ortho intramolecular Hbond substituents is 1. The minimum absolute atomic E-state index is 0. The number of nitro groups is 1. The van der Waals surface area contributed by atoms with Crippen molar-refractivity contribution < 1.29 is 14.8 Å². The average molecular weight is 302 g/mol. The monoisotopic (exact) mass is 301 g/mol. The molecule has 0 bridgehead atoms. The lowest BCUT2D eigenvalue weighted by molar-refractivity contribution is -0.385. The predicted molar refractivity (Wildman–Crippen MR) is 75.4 cm³/mol. The maximum absolute atomic E-state index is 12.2. The molecular weight excluding hydrogens is 286 g/mol. The van der Waals surface area contributed by atoms with E-state index in [1.165, 1.54) is 6.07 Å². The Morgan fingerprint density at radius 1 is 1.55 bits per heavy atom. The van der Waals surface area contributed by atoms with Crippen molar-refractivity contribution in [3.63, 3.8) is 0 Å². The highest BCUT2D eigenvalue weighted by atomic mass is 35.5. The number of hydrogen-bond donors (Lipinski definition) is 2. The van der Waals surface area contributed by atoms with Crippen LogP contribution in [0.4, 0.5) is 5.69 Å². The number of nitrogens with zero attached hydrogens (tertiary/aromatic N) is 2. The fourth-order valence-electron chi connectivity index (χ4n) is 2.15. The number of nitrogens with one attached hydrogen (secondary N) is 1. The van der Waals surface area contributed by atoms with Gasteiger partial charge in [-0.2, -0.15) is 0 Å². The minimum atomic E-state index is -0.686. The highest BCUT2D eigenvalue weighted by Gasteiger charge is 2.25. The number of rotatable bonds is 3. The molecule has 110 valence electrons. The van der Waals surface area contributed by atoms with Gasteiger partial charge in [0, 0.05) is 31.3 Å². The topological polar surface area (TPSA) is 95.7 Å². The first-order valence-corrected chi connectivity index (χ1v) is 5.96. The van der Waals surface area contributed by atoms with Crippen LogP contribution in [-0.2, 0) is 0 Å². The van der Waals surface area contributed by atoms with Crippen LogP contribution in [0.5, 0.6) is 5.75 Å². The van der Waals surface area contributed by atoms with Crippen molar-refractivity contribution in [3.8, 4) is 5.75 Å². The highest BCUT2D eigenvalue weighted by molar-refractivity contribution is 5.95. The van der Waals surface area contributed by atoms with Gasteiger partial charge in [0.15, 0.2) is 5.75 Å². The molecule has 8 heteroatoms. The first-order valence-electron chi connectivity index (χ1n) is 5.96. The fourth-order valence-corrected chi connectivity index (χ4v) is 2.15. The first-order chi connectivity index (χ1) is 9.00. The Labute approximate surface area is 122 Å². The molecule has 2 N–H and O–H groups in total. The van der Waals surface area contributed by atoms with Crippen molar-refractivity contribution in [2.24, 2.45) is 0 Å². The molecule has 1 atom stereocenters. The first kappa shape index (κ1) is 16.2. The molecule has 1 saturated heterocycles. The van der Waals surface area contributed by atoms with Crippen LogP contribution in [0.15, 0.2) is 18.2 Å². The molecule has 1 unspecified atom stereocenters. The minimum Gasteiger partial charge on any atom is -0.502 e. The van der Waals surface area contributed by atoms with Crippen LogP contribution in [-0.4, -0.2) is 47.0 Å². The zero-order valence-corrected chi connectivity index (χ0v) is 11.7. The fraction of sp³-hybridized carbons (Fsp3) is 0.417. The van der Waals surface area contributed by atoms with Gasteiger partial charge in [0.1, 0.15) is 0 Å². The van der Waals surface area contributed by atoms with Crippen molar-refractivity contribution in [1.82, 2.24) is 10.2 Å². The van der Waals surface area contributed by atoms with Crippen LogP contribution >= 0.6 is 12.4 Å². The number of hydrogen-bond acceptors (Lipinski definition) is 5. The number of halogens is 1. The molecule has 1 amide bonds. The van der Waals surface area contributed by atoms with Crippen molar-refractivity contribution in [3.05, 3.63) is 33.9 Å². The lowest BCUT2D eigenvalue weighted by atomic mass is 10.1. The van der Waals surface area contributed by atoms with Gasteiger partial charge in [-0.1, -0.05) is 0 Å². The molecule has 7 nitrogen and oxygen atoms in total. The maximum Gasteiger partial charge on any atom is 0.310 e. The third kappa shape index (κ3) is 3.17. The van der Waals surface area contributed by atoms with E-state index in [0.717, 1.165) is 31.6 Å². The Bertz CT molecular complexity index is 517. The zero-order valence-electron chi connectivity index (χ0n) is 10.9. The molecule has 0 aromatic heterocycles. The van der Waals surface area contributed by atoms with E-state index in [9.17, 15) is 20.0 Å². The van der Waals surface area contributed by atoms with Crippen molar-refractivity contribution in [1.29, 1.82) is 0 Å². The largest absolute Gasteiger partial charge is 0.502 e. The van der Waals surface area contributed by atoms with E-state index in [4.69, 9.17) is 0 Å². The Hall–Kier alpha value is -1.86. The molecule has 20 heavy (non-hydrogen) atoms. The van der Waals surface area contributed by atoms with E-state index in [1.807, 2.05) is 0 Å². The van der Waals surface area contributed by atoms with Crippen LogP contribution in [0.25, 0.3) is 0 Å². The number of phenols is 1. The normalized spacial score (nSPS) is 17.4. The standard InChI is InChI=1S/C12H15N3O4.ClH/c1-14(9-4-5-13-7-9)12(17)8-2-3-10(15(18)19)11(16)6-8;/h2-3,6,9,13,16H,4-5,7H2,1H3;1H. The van der Waals surface area contributed by atoms with Crippen LogP contribution in [0.2, 0.25) is 0 Å². The molecule has 1 fully saturated rings. The Balaban J connectivity index is 0.00000200. The van der Waals surface area contributed by atoms with Gasteiger partial charge in [0.05, 0.1) is 4.92 Å². The second-order valence-electron chi connectivity index (χ2n) is 4.52. The number of aromatic hydroxyl groups is 1. The number of amides is 1. The molecule has 2 rings (SSSR count). The summed E-state index contributed by atoms with van der Waals surface area (Å²) in [4.78, 5) is 23.7. The third-order valence-electron chi connectivity index (χ3n) is 3.32. The summed E-state index contributed by atoms with van der Waals surface area (Å²) >= 11 is 0. The molecule has 0 saturated carbocycles. The molecule has 1 aromatic rings. The summed E-state index contributed by atoms with van der Waals surface area (Å²) in [6.07, 6.45) is 0.876. The molecule has 0 aliphatic carbocycles. The van der Waals surface area contributed by atoms with Crippen molar-refractivity contribution in [2.75, 3.05) is 20.1 Å². The van der Waals surface area contributed by atoms with Gasteiger partial charge in [-0.15, -0.1) is 12.4 Å². The summed E-state index contributed by atoms with van der Waals surface area (Å²) < 4.78 is 0. The second-order valence-corrected chi connectivity index (χ2v) is 4.52. The summed E-state index contributed by atoms with van der Waals surface area (Å²) in [5, 5.41) is 23.3. The summed E-state index contributed by atoms with van der Waals surface area (Å²) in [6, 6.07) is 3.76. The van der Waals surface area contributed by atoms with Crippen molar-refractivity contribution >= 4 is 24.0 Å². The van der Waals surface area contributed by atoms with Crippen LogP contribution in [0.3, 0.4) is 0 Å². The lowest BCUT2D eigenvalue weighted by Crippen LogP contribution is -2.38. The predicted octanol–water partition coefficient (Wildman–Crippen LogP) is 1.16. The average Bonchev–Trinajstić information content (AvgIpc) is 2.90. The van der Waals surface area contributed by atoms with Crippen LogP contribution in [0.1, 0.15) is 16.8 Å². The number of nitro benzene ring substituents is 1. The van der Waals surface area contributed by atoms with E-state index in [-0.39, 0.29) is 29.9 Å². The van der Waals surface area contributed by atoms with Gasteiger partial charge in [-0.05, 0) is 25.1 Å². The van der Waals surface area contributed by atoms with E-state index in [0.29, 0.717) is 0 Å². The molecule has 1 aliphatic heterocycles. The third-order valence-corrected chi connectivity index (χ3v) is 3.32. The number of carbonyl (C=O) groups excluding carboxylic acids is 1. The van der Waals surface area contributed by atoms with Crippen LogP contribution in [0, 0.1) is 10.1 Å². The lowest BCUT2D eigenvalue weighted by Gasteiger charge is -2.23. The van der Waals surface area contributed by atoms with E-state index in [2.05, 4.69) is 5.32 Å². The number of likely N-dealkylation sites (N-methyl/N-ethyl adjacent to an activating group) is 1. The maximum atomic E-state index is 12.2. The summed E-state index contributed by atoms with van der Waals surface area (Å²) in [5.74, 6) is -0.743. The molecule has 1 aromatic carbocycles. The van der Waals surface area contributed by atoms with E-state index < -0.39 is 16.4 Å². The molecule has 1 aliphatic rings. The quantitative estimate of drug-likeness (QED) is 0.645. The van der Waals surface area contributed by atoms with Gasteiger partial charge in [-0.3, -0.25) is 14.9 Å². The molecule has 0 radical (unpaired) electrons.